The zero-order valence-corrected chi connectivity index (χ0v) is 10.1. The molecule has 2 N–H and O–H groups in total. The summed E-state index contributed by atoms with van der Waals surface area (Å²) >= 11 is 1.44. The number of aromatic nitrogens is 1. The van der Waals surface area contributed by atoms with Gasteiger partial charge in [0, 0.05) is 37.8 Å². The number of carbonyl (C=O) groups excluding carboxylic acids is 1. The molecular weight excluding hydrogens is 224 g/mol. The van der Waals surface area contributed by atoms with Crippen molar-refractivity contribution in [2.24, 2.45) is 0 Å². The second kappa shape index (κ2) is 5.38. The Bertz CT molecular complexity index is 335. The Balaban J connectivity index is 1.88. The van der Waals surface area contributed by atoms with Crippen molar-refractivity contribution in [1.82, 2.24) is 15.2 Å². The minimum absolute atomic E-state index is 0.0249. The summed E-state index contributed by atoms with van der Waals surface area (Å²) in [7, 11) is 0. The minimum Gasteiger partial charge on any atom is -0.314 e. The Morgan fingerprint density at radius 1 is 1.62 bits per heavy atom. The molecule has 0 saturated carbocycles. The van der Waals surface area contributed by atoms with Gasteiger partial charge in [-0.05, 0) is 6.92 Å². The summed E-state index contributed by atoms with van der Waals surface area (Å²) < 4.78 is 0. The van der Waals surface area contributed by atoms with E-state index >= 15 is 0 Å². The van der Waals surface area contributed by atoms with E-state index in [1.54, 1.807) is 6.20 Å². The molecule has 0 bridgehead atoms. The average Bonchev–Trinajstić information content (AvgIpc) is 2.82. The van der Waals surface area contributed by atoms with Crippen LogP contribution in [0.2, 0.25) is 0 Å². The fraction of sp³-hybridized carbons (Fsp3) is 0.600. The first-order valence-electron chi connectivity index (χ1n) is 5.42. The fourth-order valence-corrected chi connectivity index (χ4v) is 2.26. The van der Waals surface area contributed by atoms with Crippen LogP contribution in [0.4, 0.5) is 5.13 Å². The van der Waals surface area contributed by atoms with E-state index in [0.29, 0.717) is 5.13 Å². The number of rotatable bonds is 3. The van der Waals surface area contributed by atoms with Crippen molar-refractivity contribution in [3.63, 3.8) is 0 Å². The minimum atomic E-state index is -0.0917. The van der Waals surface area contributed by atoms with Crippen molar-refractivity contribution in [3.8, 4) is 0 Å². The number of amides is 1. The summed E-state index contributed by atoms with van der Waals surface area (Å²) in [5.74, 6) is 0.0249. The summed E-state index contributed by atoms with van der Waals surface area (Å²) in [5.41, 5.74) is 0. The molecule has 1 aromatic rings. The van der Waals surface area contributed by atoms with Crippen molar-refractivity contribution < 1.29 is 4.79 Å². The monoisotopic (exact) mass is 240 g/mol. The topological polar surface area (TPSA) is 57.3 Å². The van der Waals surface area contributed by atoms with Crippen LogP contribution in [0.5, 0.6) is 0 Å². The van der Waals surface area contributed by atoms with E-state index in [4.69, 9.17) is 0 Å². The van der Waals surface area contributed by atoms with Crippen LogP contribution in [0.15, 0.2) is 11.6 Å². The number of hydrogen-bond donors (Lipinski definition) is 2. The van der Waals surface area contributed by atoms with Gasteiger partial charge in [0.05, 0.1) is 6.04 Å². The molecule has 2 heterocycles. The highest BCUT2D eigenvalue weighted by Crippen LogP contribution is 2.12. The number of nitrogens with one attached hydrogen (secondary N) is 2. The number of anilines is 1. The Hall–Kier alpha value is -0.980. The van der Waals surface area contributed by atoms with Crippen molar-refractivity contribution in [2.45, 2.75) is 13.0 Å². The number of thiazole rings is 1. The van der Waals surface area contributed by atoms with Crippen LogP contribution in [-0.4, -0.2) is 48.0 Å². The molecule has 1 atom stereocenters. The summed E-state index contributed by atoms with van der Waals surface area (Å²) in [6, 6.07) is -0.0917. The Morgan fingerprint density at radius 2 is 2.38 bits per heavy atom. The SMILES string of the molecule is CC(C(=O)Nc1nccs1)N1CCNCC1. The van der Waals surface area contributed by atoms with Gasteiger partial charge in [-0.25, -0.2) is 4.98 Å². The van der Waals surface area contributed by atoms with E-state index < -0.39 is 0 Å². The first-order chi connectivity index (χ1) is 7.77. The molecule has 16 heavy (non-hydrogen) atoms. The molecule has 5 nitrogen and oxygen atoms in total. The van der Waals surface area contributed by atoms with Gasteiger partial charge < -0.3 is 10.6 Å². The summed E-state index contributed by atoms with van der Waals surface area (Å²) in [5, 5.41) is 8.62. The summed E-state index contributed by atoms with van der Waals surface area (Å²) in [4.78, 5) is 18.1. The molecule has 0 radical (unpaired) electrons. The van der Waals surface area contributed by atoms with Crippen molar-refractivity contribution >= 4 is 22.4 Å². The van der Waals surface area contributed by atoms with E-state index in [9.17, 15) is 4.79 Å². The third-order valence-corrected chi connectivity index (χ3v) is 3.43. The lowest BCUT2D eigenvalue weighted by Crippen LogP contribution is -2.51. The molecule has 2 rings (SSSR count). The van der Waals surface area contributed by atoms with Crippen LogP contribution in [0.25, 0.3) is 0 Å². The first kappa shape index (κ1) is 11.5. The molecule has 1 fully saturated rings. The van der Waals surface area contributed by atoms with Gasteiger partial charge >= 0.3 is 0 Å². The van der Waals surface area contributed by atoms with Gasteiger partial charge in [-0.15, -0.1) is 11.3 Å². The molecule has 1 aromatic heterocycles. The number of hydrogen-bond acceptors (Lipinski definition) is 5. The van der Waals surface area contributed by atoms with Gasteiger partial charge in [0.1, 0.15) is 0 Å². The Kier molecular flexibility index (Phi) is 3.87. The second-order valence-electron chi connectivity index (χ2n) is 3.79. The largest absolute Gasteiger partial charge is 0.314 e. The highest BCUT2D eigenvalue weighted by molar-refractivity contribution is 7.13. The number of carbonyl (C=O) groups is 1. The third kappa shape index (κ3) is 2.78. The molecule has 1 amide bonds. The summed E-state index contributed by atoms with van der Waals surface area (Å²) in [6.45, 7) is 5.69. The van der Waals surface area contributed by atoms with Crippen LogP contribution in [0, 0.1) is 0 Å². The standard InChI is InChI=1S/C10H16N4OS/c1-8(14-5-2-11-3-6-14)9(15)13-10-12-4-7-16-10/h4,7-8,11H,2-3,5-6H2,1H3,(H,12,13,15). The van der Waals surface area contributed by atoms with Crippen LogP contribution in [0.1, 0.15) is 6.92 Å². The van der Waals surface area contributed by atoms with Crippen molar-refractivity contribution in [1.29, 1.82) is 0 Å². The molecule has 0 aromatic carbocycles. The van der Waals surface area contributed by atoms with Gasteiger partial charge in [-0.1, -0.05) is 0 Å². The van der Waals surface area contributed by atoms with Gasteiger partial charge in [0.25, 0.3) is 0 Å². The third-order valence-electron chi connectivity index (χ3n) is 2.74. The molecule has 1 aliphatic rings. The molecule has 88 valence electrons. The van der Waals surface area contributed by atoms with E-state index in [0.717, 1.165) is 26.2 Å². The van der Waals surface area contributed by atoms with Crippen molar-refractivity contribution in [3.05, 3.63) is 11.6 Å². The molecule has 1 aliphatic heterocycles. The highest BCUT2D eigenvalue weighted by Gasteiger charge is 2.22. The van der Waals surface area contributed by atoms with Crippen LogP contribution in [-0.2, 0) is 4.79 Å². The number of piperazine rings is 1. The van der Waals surface area contributed by atoms with Crippen molar-refractivity contribution in [2.75, 3.05) is 31.5 Å². The zero-order valence-electron chi connectivity index (χ0n) is 9.27. The normalized spacial score (nSPS) is 19.3. The van der Waals surface area contributed by atoms with E-state index in [2.05, 4.69) is 20.5 Å². The molecular formula is C10H16N4OS. The van der Waals surface area contributed by atoms with Crippen LogP contribution < -0.4 is 10.6 Å². The fourth-order valence-electron chi connectivity index (χ4n) is 1.73. The second-order valence-corrected chi connectivity index (χ2v) is 4.68. The zero-order chi connectivity index (χ0) is 11.4. The summed E-state index contributed by atoms with van der Waals surface area (Å²) in [6.07, 6.45) is 1.69. The predicted molar refractivity (Wildman–Crippen MR) is 64.6 cm³/mol. The van der Waals surface area contributed by atoms with Crippen LogP contribution >= 0.6 is 11.3 Å². The molecule has 6 heteroatoms. The lowest BCUT2D eigenvalue weighted by molar-refractivity contribution is -0.120. The maximum absolute atomic E-state index is 11.9. The lowest BCUT2D eigenvalue weighted by Gasteiger charge is -2.31. The Morgan fingerprint density at radius 3 is 3.00 bits per heavy atom. The van der Waals surface area contributed by atoms with Gasteiger partial charge in [0.15, 0.2) is 5.13 Å². The molecule has 0 spiro atoms. The predicted octanol–water partition coefficient (Wildman–Crippen LogP) is 0.375. The maximum Gasteiger partial charge on any atom is 0.243 e. The maximum atomic E-state index is 11.9. The lowest BCUT2D eigenvalue weighted by atomic mass is 10.2. The Labute approximate surface area is 98.9 Å². The van der Waals surface area contributed by atoms with Gasteiger partial charge in [-0.3, -0.25) is 9.69 Å². The van der Waals surface area contributed by atoms with E-state index in [1.165, 1.54) is 11.3 Å². The van der Waals surface area contributed by atoms with E-state index in [1.807, 2.05) is 12.3 Å². The van der Waals surface area contributed by atoms with Gasteiger partial charge in [0.2, 0.25) is 5.91 Å². The smallest absolute Gasteiger partial charge is 0.243 e. The number of nitrogens with zero attached hydrogens (tertiary/aromatic N) is 2. The highest BCUT2D eigenvalue weighted by atomic mass is 32.1. The first-order valence-corrected chi connectivity index (χ1v) is 6.30. The average molecular weight is 240 g/mol. The quantitative estimate of drug-likeness (QED) is 0.802. The molecule has 0 aliphatic carbocycles. The van der Waals surface area contributed by atoms with Crippen LogP contribution in [0.3, 0.4) is 0 Å². The molecule has 1 saturated heterocycles. The molecule has 1 unspecified atom stereocenters. The van der Waals surface area contributed by atoms with E-state index in [-0.39, 0.29) is 11.9 Å². The van der Waals surface area contributed by atoms with Gasteiger partial charge in [-0.2, -0.15) is 0 Å².